The molecule has 12 heteroatoms. The van der Waals surface area contributed by atoms with E-state index in [2.05, 4.69) is 15.6 Å². The van der Waals surface area contributed by atoms with Gasteiger partial charge in [-0.25, -0.2) is 9.37 Å². The molecule has 2 aromatic rings. The summed E-state index contributed by atoms with van der Waals surface area (Å²) in [4.78, 5) is 27.4. The first-order chi connectivity index (χ1) is 14.0. The summed E-state index contributed by atoms with van der Waals surface area (Å²) in [6.45, 7) is -0.316. The van der Waals surface area contributed by atoms with E-state index in [4.69, 9.17) is 16.3 Å². The molecule has 3 fully saturated rings. The van der Waals surface area contributed by atoms with Crippen LogP contribution < -0.4 is 15.4 Å². The fourth-order valence-electron chi connectivity index (χ4n) is 3.91. The molecule has 0 unspecified atom stereocenters. The zero-order valence-corrected chi connectivity index (χ0v) is 16.7. The minimum Gasteiger partial charge on any atom is -0.484 e. The van der Waals surface area contributed by atoms with Gasteiger partial charge in [0.1, 0.15) is 16.4 Å². The van der Waals surface area contributed by atoms with Gasteiger partial charge in [0.15, 0.2) is 11.6 Å². The number of aromatic nitrogens is 1. The number of hydrogen-bond acceptors (Lipinski definition) is 5. The van der Waals surface area contributed by atoms with E-state index in [0.717, 1.165) is 12.3 Å². The minimum absolute atomic E-state index is 0.0547. The van der Waals surface area contributed by atoms with E-state index < -0.39 is 39.9 Å². The number of rotatable bonds is 6. The molecule has 2 amide bonds. The number of benzene rings is 1. The number of carbonyl (C=O) groups is 2. The highest BCUT2D eigenvalue weighted by Gasteiger charge is 2.69. The van der Waals surface area contributed by atoms with Crippen molar-refractivity contribution in [3.63, 3.8) is 0 Å². The Bertz CT molecular complexity index is 1010. The normalized spacial score (nSPS) is 24.4. The van der Waals surface area contributed by atoms with E-state index in [1.165, 1.54) is 12.1 Å². The van der Waals surface area contributed by atoms with Crippen molar-refractivity contribution >= 4 is 34.8 Å². The predicted octanol–water partition coefficient (Wildman–Crippen LogP) is 3.55. The summed E-state index contributed by atoms with van der Waals surface area (Å²) in [5.41, 5.74) is -1.00. The lowest BCUT2D eigenvalue weighted by atomic mass is 9.44. The lowest BCUT2D eigenvalue weighted by Gasteiger charge is -2.70. The van der Waals surface area contributed by atoms with Crippen molar-refractivity contribution in [3.8, 4) is 5.75 Å². The molecular weight excluding hydrogens is 450 g/mol. The lowest BCUT2D eigenvalue weighted by Crippen LogP contribution is -2.84. The van der Waals surface area contributed by atoms with Gasteiger partial charge < -0.3 is 15.4 Å². The van der Waals surface area contributed by atoms with Crippen LogP contribution in [0.4, 0.5) is 17.6 Å². The molecule has 0 aliphatic heterocycles. The largest absolute Gasteiger partial charge is 0.484 e. The van der Waals surface area contributed by atoms with Crippen molar-refractivity contribution in [1.29, 1.82) is 0 Å². The lowest BCUT2D eigenvalue weighted by molar-refractivity contribution is -0.141. The van der Waals surface area contributed by atoms with Crippen molar-refractivity contribution in [2.75, 3.05) is 6.61 Å². The second kappa shape index (κ2) is 7.09. The molecule has 1 aromatic carbocycles. The van der Waals surface area contributed by atoms with Crippen molar-refractivity contribution in [1.82, 2.24) is 15.6 Å². The van der Waals surface area contributed by atoms with Crippen molar-refractivity contribution in [2.45, 2.75) is 36.5 Å². The Hall–Kier alpha value is -2.40. The maximum atomic E-state index is 13.4. The number of hydrogen-bond donors (Lipinski definition) is 2. The number of carbonyl (C=O) groups excluding carboxylic acids is 2. The van der Waals surface area contributed by atoms with Crippen LogP contribution in [0.15, 0.2) is 24.4 Å². The van der Waals surface area contributed by atoms with Crippen molar-refractivity contribution in [2.24, 2.45) is 0 Å². The molecule has 3 aliphatic rings. The van der Waals surface area contributed by atoms with E-state index in [-0.39, 0.29) is 33.6 Å². The topological polar surface area (TPSA) is 80.3 Å². The second-order valence-corrected chi connectivity index (χ2v) is 8.92. The molecule has 0 radical (unpaired) electrons. The van der Waals surface area contributed by atoms with Crippen LogP contribution in [0.25, 0.3) is 0 Å². The molecule has 2 bridgehead atoms. The number of ether oxygens (including phenoxy) is 1. The van der Waals surface area contributed by atoms with Crippen LogP contribution in [-0.2, 0) is 11.0 Å². The van der Waals surface area contributed by atoms with Crippen LogP contribution in [0.1, 0.15) is 33.9 Å². The first-order valence-electron chi connectivity index (χ1n) is 8.74. The van der Waals surface area contributed by atoms with Gasteiger partial charge in [-0.3, -0.25) is 9.59 Å². The molecule has 6 nitrogen and oxygen atoms in total. The number of alkyl halides is 3. The third kappa shape index (κ3) is 3.95. The minimum atomic E-state index is -4.59. The molecule has 5 rings (SSSR count). The Morgan fingerprint density at radius 1 is 1.20 bits per heavy atom. The highest BCUT2D eigenvalue weighted by atomic mass is 35.5. The first-order valence-corrected chi connectivity index (χ1v) is 9.93. The number of amides is 2. The average Bonchev–Trinajstić information content (AvgIpc) is 3.10. The Kier molecular flexibility index (Phi) is 4.93. The molecule has 0 atom stereocenters. The summed E-state index contributed by atoms with van der Waals surface area (Å²) in [7, 11) is 0. The molecule has 3 aliphatic carbocycles. The number of nitrogens with zero attached hydrogens (tertiary/aromatic N) is 1. The Labute approximate surface area is 176 Å². The van der Waals surface area contributed by atoms with Crippen LogP contribution in [0, 0.1) is 5.82 Å². The summed E-state index contributed by atoms with van der Waals surface area (Å²) in [5.74, 6) is -1.51. The number of halogens is 5. The average molecular weight is 464 g/mol. The van der Waals surface area contributed by atoms with E-state index in [9.17, 15) is 27.2 Å². The summed E-state index contributed by atoms with van der Waals surface area (Å²) in [6, 6.07) is 3.83. The van der Waals surface area contributed by atoms with Gasteiger partial charge in [-0.1, -0.05) is 11.6 Å². The van der Waals surface area contributed by atoms with Crippen LogP contribution in [-0.4, -0.2) is 34.5 Å². The molecule has 160 valence electrons. The highest BCUT2D eigenvalue weighted by molar-refractivity contribution is 7.13. The third-order valence-electron chi connectivity index (χ3n) is 5.05. The first kappa shape index (κ1) is 20.9. The van der Waals surface area contributed by atoms with E-state index in [0.29, 0.717) is 19.3 Å². The van der Waals surface area contributed by atoms with Gasteiger partial charge in [-0.05, 0) is 31.4 Å². The zero-order valence-electron chi connectivity index (χ0n) is 15.1. The van der Waals surface area contributed by atoms with E-state index in [1.54, 1.807) is 0 Å². The van der Waals surface area contributed by atoms with Gasteiger partial charge in [0.05, 0.1) is 11.2 Å². The molecule has 2 N–H and O–H groups in total. The Balaban J connectivity index is 1.24. The van der Waals surface area contributed by atoms with Crippen molar-refractivity contribution in [3.05, 3.63) is 45.1 Å². The maximum Gasteiger partial charge on any atom is 0.443 e. The molecule has 30 heavy (non-hydrogen) atoms. The molecule has 3 saturated carbocycles. The standard InChI is InChI=1S/C18H14ClF4N3O3S/c19-10-2-1-9(3-11(10)20)29-5-13(27)25-16-6-17(7-16,8-16)26-14(28)12-4-24-15(30-12)18(21,22)23/h1-4H,5-8H2,(H,25,27)(H,26,28). The Morgan fingerprint density at radius 2 is 1.87 bits per heavy atom. The van der Waals surface area contributed by atoms with Crippen molar-refractivity contribution < 1.29 is 31.9 Å². The van der Waals surface area contributed by atoms with E-state index in [1.807, 2.05) is 0 Å². The maximum absolute atomic E-state index is 13.4. The summed E-state index contributed by atoms with van der Waals surface area (Å²) in [6.07, 6.45) is -2.27. The quantitative estimate of drug-likeness (QED) is 0.642. The predicted molar refractivity (Wildman–Crippen MR) is 98.9 cm³/mol. The number of nitrogens with one attached hydrogen (secondary N) is 2. The summed E-state index contributed by atoms with van der Waals surface area (Å²) < 4.78 is 56.4. The van der Waals surface area contributed by atoms with Gasteiger partial charge in [-0.15, -0.1) is 11.3 Å². The molecule has 0 spiro atoms. The molecular formula is C18H14ClF4N3O3S. The SMILES string of the molecule is O=C(COc1ccc(Cl)c(F)c1)NC12CC(NC(=O)c3cnc(C(F)(F)F)s3)(C1)C2. The monoisotopic (exact) mass is 463 g/mol. The third-order valence-corrected chi connectivity index (χ3v) is 6.39. The molecule has 1 heterocycles. The van der Waals surface area contributed by atoms with Gasteiger partial charge in [0.25, 0.3) is 11.8 Å². The fraction of sp³-hybridized carbons (Fsp3) is 0.389. The van der Waals surface area contributed by atoms with Crippen LogP contribution in [0.2, 0.25) is 5.02 Å². The van der Waals surface area contributed by atoms with E-state index >= 15 is 0 Å². The molecule has 0 saturated heterocycles. The molecule has 1 aromatic heterocycles. The van der Waals surface area contributed by atoms with Gasteiger partial charge in [0.2, 0.25) is 0 Å². The second-order valence-electron chi connectivity index (χ2n) is 7.49. The summed E-state index contributed by atoms with van der Waals surface area (Å²) >= 11 is 5.87. The highest BCUT2D eigenvalue weighted by Crippen LogP contribution is 2.60. The van der Waals surface area contributed by atoms with Crippen LogP contribution in [0.3, 0.4) is 0 Å². The van der Waals surface area contributed by atoms with Crippen LogP contribution in [0.5, 0.6) is 5.75 Å². The summed E-state index contributed by atoms with van der Waals surface area (Å²) in [5, 5.41) is 4.43. The number of thiazole rings is 1. The van der Waals surface area contributed by atoms with Gasteiger partial charge in [-0.2, -0.15) is 13.2 Å². The Morgan fingerprint density at radius 3 is 2.47 bits per heavy atom. The smallest absolute Gasteiger partial charge is 0.443 e. The van der Waals surface area contributed by atoms with Gasteiger partial charge >= 0.3 is 6.18 Å². The van der Waals surface area contributed by atoms with Gasteiger partial charge in [0, 0.05) is 17.1 Å². The fourth-order valence-corrected chi connectivity index (χ4v) is 4.71. The van der Waals surface area contributed by atoms with Crippen LogP contribution >= 0.6 is 22.9 Å². The zero-order chi connectivity index (χ0) is 21.7.